The molecule has 3 rings (SSSR count). The molecule has 9 heteroatoms. The van der Waals surface area contributed by atoms with E-state index < -0.39 is 20.0 Å². The number of anilines is 2. The van der Waals surface area contributed by atoms with E-state index in [9.17, 15) is 16.8 Å². The zero-order chi connectivity index (χ0) is 23.0. The lowest BCUT2D eigenvalue weighted by atomic mass is 10.1. The summed E-state index contributed by atoms with van der Waals surface area (Å²) in [5, 5.41) is 0.420. The van der Waals surface area contributed by atoms with Gasteiger partial charge in [0.2, 0.25) is 0 Å². The first kappa shape index (κ1) is 23.1. The average Bonchev–Trinajstić information content (AvgIpc) is 2.69. The molecule has 0 aromatic heterocycles. The van der Waals surface area contributed by atoms with E-state index in [1.165, 1.54) is 37.4 Å². The Labute approximate surface area is 188 Å². The Morgan fingerprint density at radius 1 is 0.806 bits per heavy atom. The Hall–Kier alpha value is -2.55. The summed E-state index contributed by atoms with van der Waals surface area (Å²) in [7, 11) is -6.46. The molecule has 31 heavy (non-hydrogen) atoms. The summed E-state index contributed by atoms with van der Waals surface area (Å²) in [5.74, 6) is 0. The van der Waals surface area contributed by atoms with Gasteiger partial charge in [-0.15, -0.1) is 0 Å². The van der Waals surface area contributed by atoms with Crippen molar-refractivity contribution in [3.8, 4) is 0 Å². The van der Waals surface area contributed by atoms with Gasteiger partial charge in [-0.25, -0.2) is 16.8 Å². The lowest BCUT2D eigenvalue weighted by Crippen LogP contribution is -2.28. The molecule has 0 spiro atoms. The fraction of sp³-hybridized carbons (Fsp3) is 0.182. The molecule has 1 N–H and O–H groups in total. The Kier molecular flexibility index (Phi) is 6.36. The van der Waals surface area contributed by atoms with Gasteiger partial charge in [0.1, 0.15) is 0 Å². The Bertz CT molecular complexity index is 1340. The second kappa shape index (κ2) is 8.53. The van der Waals surface area contributed by atoms with Crippen molar-refractivity contribution in [2.75, 3.05) is 16.1 Å². The van der Waals surface area contributed by atoms with Crippen LogP contribution in [-0.2, 0) is 20.0 Å². The fourth-order valence-electron chi connectivity index (χ4n) is 3.23. The summed E-state index contributed by atoms with van der Waals surface area (Å²) in [4.78, 5) is 0.0660. The van der Waals surface area contributed by atoms with E-state index in [-0.39, 0.29) is 15.5 Å². The van der Waals surface area contributed by atoms with Crippen molar-refractivity contribution >= 4 is 43.0 Å². The highest BCUT2D eigenvalue weighted by atomic mass is 35.5. The van der Waals surface area contributed by atoms with E-state index in [4.69, 9.17) is 11.6 Å². The van der Waals surface area contributed by atoms with Gasteiger partial charge in [-0.3, -0.25) is 9.03 Å². The van der Waals surface area contributed by atoms with Crippen LogP contribution in [0.2, 0.25) is 5.02 Å². The molecule has 0 radical (unpaired) electrons. The molecule has 0 saturated carbocycles. The minimum absolute atomic E-state index is 0.00880. The topological polar surface area (TPSA) is 83.6 Å². The molecule has 0 aliphatic rings. The van der Waals surface area contributed by atoms with Gasteiger partial charge in [0.05, 0.1) is 21.2 Å². The predicted octanol–water partition coefficient (Wildman–Crippen LogP) is 4.89. The largest absolute Gasteiger partial charge is 0.279 e. The molecule has 6 nitrogen and oxygen atoms in total. The van der Waals surface area contributed by atoms with Crippen LogP contribution in [0.5, 0.6) is 0 Å². The molecule has 0 aliphatic carbocycles. The van der Waals surface area contributed by atoms with Gasteiger partial charge >= 0.3 is 0 Å². The fourth-order valence-corrected chi connectivity index (χ4v) is 5.99. The summed E-state index contributed by atoms with van der Waals surface area (Å²) in [5.41, 5.74) is 2.65. The van der Waals surface area contributed by atoms with E-state index in [2.05, 4.69) is 4.72 Å². The number of para-hydroxylation sites is 1. The highest BCUT2D eigenvalue weighted by Crippen LogP contribution is 2.31. The van der Waals surface area contributed by atoms with Crippen LogP contribution in [0.1, 0.15) is 16.7 Å². The maximum atomic E-state index is 13.1. The number of rotatable bonds is 6. The molecule has 164 valence electrons. The minimum Gasteiger partial charge on any atom is -0.279 e. The average molecular weight is 479 g/mol. The molecule has 3 aromatic rings. The highest BCUT2D eigenvalue weighted by Gasteiger charge is 2.26. The lowest BCUT2D eigenvalue weighted by molar-refractivity contribution is 0.593. The van der Waals surface area contributed by atoms with Gasteiger partial charge in [-0.05, 0) is 73.9 Å². The van der Waals surface area contributed by atoms with Gasteiger partial charge in [-0.1, -0.05) is 35.9 Å². The highest BCUT2D eigenvalue weighted by molar-refractivity contribution is 7.93. The van der Waals surface area contributed by atoms with Crippen molar-refractivity contribution in [2.45, 2.75) is 30.6 Å². The second-order valence-corrected chi connectivity index (χ2v) is 11.3. The molecule has 3 aromatic carbocycles. The third kappa shape index (κ3) is 4.71. The van der Waals surface area contributed by atoms with E-state index >= 15 is 0 Å². The van der Waals surface area contributed by atoms with Crippen molar-refractivity contribution in [3.63, 3.8) is 0 Å². The van der Waals surface area contributed by atoms with E-state index in [1.54, 1.807) is 45.0 Å². The SMILES string of the molecule is Cc1ccccc1NS(=O)(=O)c1cc(N(C)S(=O)(=O)c2ccc(Cl)cc2)c(C)cc1C. The smallest absolute Gasteiger partial charge is 0.264 e. The number of sulfonamides is 2. The number of hydrogen-bond acceptors (Lipinski definition) is 4. The molecule has 0 unspecified atom stereocenters. The third-order valence-electron chi connectivity index (χ3n) is 4.98. The summed E-state index contributed by atoms with van der Waals surface area (Å²) in [6.07, 6.45) is 0. The minimum atomic E-state index is -3.94. The molecule has 0 amide bonds. The second-order valence-electron chi connectivity index (χ2n) is 7.25. The summed E-state index contributed by atoms with van der Waals surface area (Å²) < 4.78 is 56.1. The van der Waals surface area contributed by atoms with Crippen LogP contribution in [-0.4, -0.2) is 23.9 Å². The monoisotopic (exact) mass is 478 g/mol. The van der Waals surface area contributed by atoms with Crippen molar-refractivity contribution in [1.82, 2.24) is 0 Å². The van der Waals surface area contributed by atoms with Gasteiger partial charge in [0.15, 0.2) is 0 Å². The van der Waals surface area contributed by atoms with Crippen molar-refractivity contribution in [1.29, 1.82) is 0 Å². The van der Waals surface area contributed by atoms with E-state index in [0.29, 0.717) is 21.8 Å². The normalized spacial score (nSPS) is 11.9. The number of benzene rings is 3. The Morgan fingerprint density at radius 2 is 1.42 bits per heavy atom. The number of aryl methyl sites for hydroxylation is 3. The first-order chi connectivity index (χ1) is 14.4. The molecule has 0 bridgehead atoms. The zero-order valence-corrected chi connectivity index (χ0v) is 19.9. The molecular formula is C22H23ClN2O4S2. The van der Waals surface area contributed by atoms with Crippen LogP contribution in [0.4, 0.5) is 11.4 Å². The van der Waals surface area contributed by atoms with E-state index in [0.717, 1.165) is 9.87 Å². The van der Waals surface area contributed by atoms with Gasteiger partial charge < -0.3 is 0 Å². The van der Waals surface area contributed by atoms with E-state index in [1.807, 2.05) is 6.07 Å². The summed E-state index contributed by atoms with van der Waals surface area (Å²) >= 11 is 5.87. The molecule has 0 fully saturated rings. The standard InChI is InChI=1S/C22H23ClN2O4S2/c1-15-7-5-6-8-20(15)24-30(26,27)22-14-21(16(2)13-17(22)3)25(4)31(28,29)19-11-9-18(23)10-12-19/h5-14,24H,1-4H3. The van der Waals surface area contributed by atoms with Gasteiger partial charge in [0, 0.05) is 12.1 Å². The maximum absolute atomic E-state index is 13.1. The molecule has 0 aliphatic heterocycles. The summed E-state index contributed by atoms with van der Waals surface area (Å²) in [6.45, 7) is 5.22. The molecule has 0 heterocycles. The van der Waals surface area contributed by atoms with Crippen LogP contribution in [0.15, 0.2) is 70.5 Å². The van der Waals surface area contributed by atoms with Crippen LogP contribution in [0, 0.1) is 20.8 Å². The first-order valence-corrected chi connectivity index (χ1v) is 12.7. The van der Waals surface area contributed by atoms with Crippen LogP contribution in [0.25, 0.3) is 0 Å². The van der Waals surface area contributed by atoms with Crippen molar-refractivity contribution in [2.24, 2.45) is 0 Å². The lowest BCUT2D eigenvalue weighted by Gasteiger charge is -2.23. The number of hydrogen-bond donors (Lipinski definition) is 1. The number of halogens is 1. The maximum Gasteiger partial charge on any atom is 0.264 e. The van der Waals surface area contributed by atoms with Crippen LogP contribution < -0.4 is 9.03 Å². The number of nitrogens with zero attached hydrogens (tertiary/aromatic N) is 1. The Balaban J connectivity index is 2.06. The molecular weight excluding hydrogens is 456 g/mol. The predicted molar refractivity (Wildman–Crippen MR) is 125 cm³/mol. The quantitative estimate of drug-likeness (QED) is 0.546. The first-order valence-electron chi connectivity index (χ1n) is 9.37. The number of nitrogens with one attached hydrogen (secondary N) is 1. The van der Waals surface area contributed by atoms with Crippen molar-refractivity contribution < 1.29 is 16.8 Å². The third-order valence-corrected chi connectivity index (χ3v) is 8.53. The van der Waals surface area contributed by atoms with Gasteiger partial charge in [0.25, 0.3) is 20.0 Å². The van der Waals surface area contributed by atoms with Crippen LogP contribution in [0.3, 0.4) is 0 Å². The van der Waals surface area contributed by atoms with Crippen LogP contribution >= 0.6 is 11.6 Å². The van der Waals surface area contributed by atoms with Crippen molar-refractivity contribution in [3.05, 3.63) is 82.4 Å². The summed E-state index contributed by atoms with van der Waals surface area (Å²) in [6, 6.07) is 15.9. The van der Waals surface area contributed by atoms with Gasteiger partial charge in [-0.2, -0.15) is 0 Å². The Morgan fingerprint density at radius 3 is 2.03 bits per heavy atom. The molecule has 0 saturated heterocycles. The zero-order valence-electron chi connectivity index (χ0n) is 17.5. The molecule has 0 atom stereocenters.